The highest BCUT2D eigenvalue weighted by Gasteiger charge is 2.10. The van der Waals surface area contributed by atoms with Crippen LogP contribution >= 0.6 is 0 Å². The van der Waals surface area contributed by atoms with Gasteiger partial charge in [0.25, 0.3) is 0 Å². The summed E-state index contributed by atoms with van der Waals surface area (Å²) in [5, 5.41) is 0. The Morgan fingerprint density at radius 3 is 2.67 bits per heavy atom. The lowest BCUT2D eigenvalue weighted by atomic mass is 10.2. The van der Waals surface area contributed by atoms with Gasteiger partial charge in [0.1, 0.15) is 16.9 Å². The minimum Gasteiger partial charge on any atom is -0.435 e. The smallest absolute Gasteiger partial charge is 0.246 e. The molecule has 88 valence electrons. The van der Waals surface area contributed by atoms with E-state index in [0.29, 0.717) is 22.9 Å². The average molecular weight is 238 g/mol. The third kappa shape index (κ3) is 1.78. The number of nitrogens with zero attached hydrogens (tertiary/aromatic N) is 2. The lowest BCUT2D eigenvalue weighted by Gasteiger charge is -1.97. The van der Waals surface area contributed by atoms with Crippen LogP contribution < -0.4 is 0 Å². The first-order valence-corrected chi connectivity index (χ1v) is 5.58. The van der Waals surface area contributed by atoms with E-state index < -0.39 is 0 Å². The second-order valence-electron chi connectivity index (χ2n) is 3.95. The number of fused-ring (bicyclic) bond motifs is 1. The number of hydrogen-bond acceptors (Lipinski definition) is 4. The van der Waals surface area contributed by atoms with Gasteiger partial charge in [-0.15, -0.1) is 0 Å². The van der Waals surface area contributed by atoms with Crippen molar-refractivity contribution in [1.29, 1.82) is 0 Å². The number of rotatable bonds is 2. The van der Waals surface area contributed by atoms with Gasteiger partial charge in [0.15, 0.2) is 11.4 Å². The van der Waals surface area contributed by atoms with Gasteiger partial charge in [-0.2, -0.15) is 0 Å². The summed E-state index contributed by atoms with van der Waals surface area (Å²) in [5.74, 6) is 0.354. The molecule has 4 nitrogen and oxygen atoms in total. The molecule has 0 spiro atoms. The molecule has 3 rings (SSSR count). The standard InChI is InChI=1S/C14H10N2O2/c1-9(17)10-6-4-7-12(15-10)14-16-11-5-2-3-8-13(11)18-14/h2-8H,1H3. The number of aromatic nitrogens is 2. The fourth-order valence-electron chi connectivity index (χ4n) is 1.73. The molecule has 2 heterocycles. The van der Waals surface area contributed by atoms with E-state index in [1.807, 2.05) is 24.3 Å². The van der Waals surface area contributed by atoms with Crippen molar-refractivity contribution in [2.45, 2.75) is 6.92 Å². The van der Waals surface area contributed by atoms with Crippen LogP contribution in [0, 0.1) is 0 Å². The highest BCUT2D eigenvalue weighted by atomic mass is 16.3. The maximum absolute atomic E-state index is 11.3. The molecule has 4 heteroatoms. The Bertz CT molecular complexity index is 698. The predicted molar refractivity (Wildman–Crippen MR) is 67.2 cm³/mol. The van der Waals surface area contributed by atoms with Crippen LogP contribution in [0.1, 0.15) is 17.4 Å². The van der Waals surface area contributed by atoms with Crippen LogP contribution in [0.15, 0.2) is 46.9 Å². The maximum atomic E-state index is 11.3. The number of carbonyl (C=O) groups excluding carboxylic acids is 1. The molecule has 0 saturated carbocycles. The molecule has 0 radical (unpaired) electrons. The van der Waals surface area contributed by atoms with Crippen molar-refractivity contribution in [3.8, 4) is 11.6 Å². The van der Waals surface area contributed by atoms with Gasteiger partial charge in [-0.05, 0) is 24.3 Å². The number of oxazole rings is 1. The van der Waals surface area contributed by atoms with Crippen molar-refractivity contribution < 1.29 is 9.21 Å². The Labute approximate surface area is 103 Å². The third-order valence-corrected chi connectivity index (χ3v) is 2.62. The van der Waals surface area contributed by atoms with Gasteiger partial charge in [0.05, 0.1) is 0 Å². The zero-order chi connectivity index (χ0) is 12.5. The Hall–Kier alpha value is -2.49. The van der Waals surface area contributed by atoms with Gasteiger partial charge in [0, 0.05) is 6.92 Å². The molecule has 0 saturated heterocycles. The molecule has 0 atom stereocenters. The fourth-order valence-corrected chi connectivity index (χ4v) is 1.73. The molecule has 0 fully saturated rings. The largest absolute Gasteiger partial charge is 0.435 e. The summed E-state index contributed by atoms with van der Waals surface area (Å²) in [5.41, 5.74) is 2.47. The van der Waals surface area contributed by atoms with E-state index in [9.17, 15) is 4.79 Å². The van der Waals surface area contributed by atoms with Crippen molar-refractivity contribution in [3.63, 3.8) is 0 Å². The van der Waals surface area contributed by atoms with E-state index in [2.05, 4.69) is 9.97 Å². The number of benzene rings is 1. The monoisotopic (exact) mass is 238 g/mol. The summed E-state index contributed by atoms with van der Waals surface area (Å²) in [7, 11) is 0. The topological polar surface area (TPSA) is 56.0 Å². The molecule has 0 N–H and O–H groups in total. The van der Waals surface area contributed by atoms with Gasteiger partial charge in [0.2, 0.25) is 5.89 Å². The minimum absolute atomic E-state index is 0.0760. The Morgan fingerprint density at radius 1 is 1.06 bits per heavy atom. The quantitative estimate of drug-likeness (QED) is 0.644. The number of pyridine rings is 1. The van der Waals surface area contributed by atoms with Crippen molar-refractivity contribution in [2.24, 2.45) is 0 Å². The molecule has 0 aliphatic rings. The lowest BCUT2D eigenvalue weighted by Crippen LogP contribution is -1.97. The van der Waals surface area contributed by atoms with E-state index in [-0.39, 0.29) is 5.78 Å². The molecule has 0 unspecified atom stereocenters. The summed E-state index contributed by atoms with van der Waals surface area (Å²) in [6.07, 6.45) is 0. The SMILES string of the molecule is CC(=O)c1cccc(-c2nc3ccccc3o2)n1. The van der Waals surface area contributed by atoms with Crippen LogP contribution in [-0.4, -0.2) is 15.8 Å². The summed E-state index contributed by atoms with van der Waals surface area (Å²) in [4.78, 5) is 19.9. The lowest BCUT2D eigenvalue weighted by molar-refractivity contribution is 0.101. The van der Waals surface area contributed by atoms with Crippen molar-refractivity contribution in [3.05, 3.63) is 48.2 Å². The van der Waals surface area contributed by atoms with Crippen LogP contribution in [0.5, 0.6) is 0 Å². The molecule has 0 aliphatic carbocycles. The van der Waals surface area contributed by atoms with Gasteiger partial charge < -0.3 is 4.42 Å². The van der Waals surface area contributed by atoms with E-state index in [1.54, 1.807) is 18.2 Å². The maximum Gasteiger partial charge on any atom is 0.246 e. The molecular formula is C14H10N2O2. The van der Waals surface area contributed by atoms with Crippen molar-refractivity contribution >= 4 is 16.9 Å². The highest BCUT2D eigenvalue weighted by Crippen LogP contribution is 2.22. The minimum atomic E-state index is -0.0760. The summed E-state index contributed by atoms with van der Waals surface area (Å²) < 4.78 is 5.60. The van der Waals surface area contributed by atoms with Crippen LogP contribution in [0.25, 0.3) is 22.7 Å². The Morgan fingerprint density at radius 2 is 1.89 bits per heavy atom. The number of carbonyl (C=O) groups is 1. The summed E-state index contributed by atoms with van der Waals surface area (Å²) in [6.45, 7) is 1.48. The molecule has 0 aliphatic heterocycles. The van der Waals surface area contributed by atoms with Gasteiger partial charge in [-0.3, -0.25) is 4.79 Å². The van der Waals surface area contributed by atoms with Crippen LogP contribution in [-0.2, 0) is 0 Å². The summed E-state index contributed by atoms with van der Waals surface area (Å²) >= 11 is 0. The molecule has 1 aromatic carbocycles. The third-order valence-electron chi connectivity index (χ3n) is 2.62. The zero-order valence-electron chi connectivity index (χ0n) is 9.75. The van der Waals surface area contributed by atoms with E-state index in [4.69, 9.17) is 4.42 Å². The highest BCUT2D eigenvalue weighted by molar-refractivity contribution is 5.92. The van der Waals surface area contributed by atoms with E-state index in [0.717, 1.165) is 5.52 Å². The van der Waals surface area contributed by atoms with Gasteiger partial charge in [-0.25, -0.2) is 9.97 Å². The van der Waals surface area contributed by atoms with Gasteiger partial charge >= 0.3 is 0 Å². The molecule has 0 bridgehead atoms. The second kappa shape index (κ2) is 4.07. The molecule has 18 heavy (non-hydrogen) atoms. The summed E-state index contributed by atoms with van der Waals surface area (Å²) in [6, 6.07) is 12.7. The van der Waals surface area contributed by atoms with Crippen molar-refractivity contribution in [2.75, 3.05) is 0 Å². The molecular weight excluding hydrogens is 228 g/mol. The van der Waals surface area contributed by atoms with Crippen LogP contribution in [0.4, 0.5) is 0 Å². The number of para-hydroxylation sites is 2. The Balaban J connectivity index is 2.13. The predicted octanol–water partition coefficient (Wildman–Crippen LogP) is 3.09. The number of Topliss-reactive ketones (excluding diaryl/α,β-unsaturated/α-hetero) is 1. The van der Waals surface area contributed by atoms with E-state index >= 15 is 0 Å². The molecule has 3 aromatic rings. The fraction of sp³-hybridized carbons (Fsp3) is 0.0714. The van der Waals surface area contributed by atoms with Crippen molar-refractivity contribution in [1.82, 2.24) is 9.97 Å². The first kappa shape index (κ1) is 10.7. The number of ketones is 1. The van der Waals surface area contributed by atoms with Gasteiger partial charge in [-0.1, -0.05) is 18.2 Å². The normalized spacial score (nSPS) is 10.7. The van der Waals surface area contributed by atoms with Crippen LogP contribution in [0.2, 0.25) is 0 Å². The second-order valence-corrected chi connectivity index (χ2v) is 3.95. The Kier molecular flexibility index (Phi) is 2.41. The molecule has 2 aromatic heterocycles. The molecule has 0 amide bonds. The number of hydrogen-bond donors (Lipinski definition) is 0. The average Bonchev–Trinajstić information content (AvgIpc) is 2.82. The van der Waals surface area contributed by atoms with E-state index in [1.165, 1.54) is 6.92 Å². The van der Waals surface area contributed by atoms with Crippen LogP contribution in [0.3, 0.4) is 0 Å². The zero-order valence-corrected chi connectivity index (χ0v) is 9.75. The first-order valence-electron chi connectivity index (χ1n) is 5.58. The first-order chi connectivity index (χ1) is 8.74.